The number of aliphatic hydroxyl groups excluding tert-OH is 1. The fraction of sp³-hybridized carbons (Fsp3) is 1.00. The summed E-state index contributed by atoms with van der Waals surface area (Å²) in [4.78, 5) is 1.72. The third kappa shape index (κ3) is 2.18. The van der Waals surface area contributed by atoms with E-state index in [1.807, 2.05) is 14.1 Å². The van der Waals surface area contributed by atoms with Gasteiger partial charge in [0.25, 0.3) is 0 Å². The second-order valence-electron chi connectivity index (χ2n) is 1.60. The molecule has 0 heterocycles. The first kappa shape index (κ1) is 5.92. The Balaban J connectivity index is 2.99. The Labute approximate surface area is 38.4 Å². The van der Waals surface area contributed by atoms with Crippen molar-refractivity contribution < 1.29 is 5.11 Å². The van der Waals surface area contributed by atoms with Gasteiger partial charge in [-0.25, -0.2) is 0 Å². The highest BCUT2D eigenvalue weighted by Gasteiger charge is 2.03. The van der Waals surface area contributed by atoms with Crippen molar-refractivity contribution in [2.75, 3.05) is 14.1 Å². The molecule has 1 unspecified atom stereocenters. The summed E-state index contributed by atoms with van der Waals surface area (Å²) >= 11 is 0. The van der Waals surface area contributed by atoms with Crippen LogP contribution in [0.25, 0.3) is 0 Å². The van der Waals surface area contributed by atoms with Crippen LogP contribution in [0.4, 0.5) is 0 Å². The molecule has 0 fully saturated rings. The van der Waals surface area contributed by atoms with Gasteiger partial charge in [0, 0.05) is 6.92 Å². The van der Waals surface area contributed by atoms with E-state index in [0.717, 1.165) is 0 Å². The Morgan fingerprint density at radius 3 is 1.67 bits per heavy atom. The van der Waals surface area contributed by atoms with Crippen molar-refractivity contribution in [1.82, 2.24) is 4.90 Å². The van der Waals surface area contributed by atoms with E-state index in [1.54, 1.807) is 11.8 Å². The molecule has 0 saturated carbocycles. The average Bonchev–Trinajstić information content (AvgIpc) is 1.36. The Kier molecular flexibility index (Phi) is 2.13. The van der Waals surface area contributed by atoms with Gasteiger partial charge in [-0.05, 0) is 0 Å². The van der Waals surface area contributed by atoms with Gasteiger partial charge in [0.2, 0.25) is 6.23 Å². The maximum absolute atomic E-state index is 8.56. The van der Waals surface area contributed by atoms with Crippen molar-refractivity contribution in [3.8, 4) is 0 Å². The lowest BCUT2D eigenvalue weighted by atomic mass is 10.6. The van der Waals surface area contributed by atoms with E-state index < -0.39 is 0 Å². The van der Waals surface area contributed by atoms with Crippen LogP contribution >= 0.6 is 0 Å². The van der Waals surface area contributed by atoms with Crippen molar-refractivity contribution in [2.45, 2.75) is 13.2 Å². The molecule has 0 bridgehead atoms. The predicted octanol–water partition coefficient (Wildman–Crippen LogP) is -0.276. The molecule has 0 amide bonds. The van der Waals surface area contributed by atoms with Gasteiger partial charge in [-0.3, -0.25) is 0 Å². The number of hydrogen-bond donors (Lipinski definition) is 1. The van der Waals surface area contributed by atoms with Crippen LogP contribution in [0.5, 0.6) is 0 Å². The maximum atomic E-state index is 8.56. The van der Waals surface area contributed by atoms with E-state index in [4.69, 9.17) is 5.11 Å². The van der Waals surface area contributed by atoms with E-state index in [2.05, 4.69) is 0 Å². The van der Waals surface area contributed by atoms with Crippen LogP contribution in [0.3, 0.4) is 0 Å². The second kappa shape index (κ2) is 2.16. The molecular formula is C4H11NO+. The van der Waals surface area contributed by atoms with Gasteiger partial charge in [0.15, 0.2) is 0 Å². The minimum atomic E-state index is -0.315. The zero-order valence-electron chi connectivity index (χ0n) is 4.47. The number of aliphatic hydroxyl groups is 1. The number of hydrogen-bond acceptors (Lipinski definition) is 2. The van der Waals surface area contributed by atoms with Crippen molar-refractivity contribution in [3.63, 3.8) is 0 Å². The van der Waals surface area contributed by atoms with Crippen LogP contribution < -0.4 is 4.90 Å². The zero-order chi connectivity index (χ0) is 5.15. The third-order valence-electron chi connectivity index (χ3n) is 0.747. The summed E-state index contributed by atoms with van der Waals surface area (Å²) in [6.45, 7) is 1.72. The second-order valence-corrected chi connectivity index (χ2v) is 1.60. The molecule has 0 aromatic carbocycles. The van der Waals surface area contributed by atoms with Gasteiger partial charge in [-0.2, -0.15) is 0 Å². The molecule has 0 spiro atoms. The summed E-state index contributed by atoms with van der Waals surface area (Å²) in [5.74, 6) is 0. The fourth-order valence-electron chi connectivity index (χ4n) is 0. The van der Waals surface area contributed by atoms with Crippen molar-refractivity contribution in [3.05, 3.63) is 0 Å². The molecule has 1 atom stereocenters. The van der Waals surface area contributed by atoms with E-state index in [9.17, 15) is 0 Å². The Bertz CT molecular complexity index is 28.5. The van der Waals surface area contributed by atoms with Crippen molar-refractivity contribution >= 4 is 0 Å². The van der Waals surface area contributed by atoms with Crippen LogP contribution in [0.2, 0.25) is 0 Å². The highest BCUT2D eigenvalue weighted by Crippen LogP contribution is 1.75. The van der Waals surface area contributed by atoms with Gasteiger partial charge in [0.05, 0.1) is 0 Å². The third-order valence-corrected chi connectivity index (χ3v) is 0.747. The van der Waals surface area contributed by atoms with Gasteiger partial charge in [-0.1, -0.05) is 0 Å². The van der Waals surface area contributed by atoms with Gasteiger partial charge in [0.1, 0.15) is 14.1 Å². The molecular weight excluding hydrogens is 78.0 g/mol. The molecule has 1 N–H and O–H groups in total. The quantitative estimate of drug-likeness (QED) is 0.347. The van der Waals surface area contributed by atoms with Gasteiger partial charge < -0.3 is 5.11 Å². The molecule has 0 aromatic rings. The standard InChI is InChI=1S/C4H11NO/c1-4(6)5(2)3/h4,6H,1-3H3/q+1. The number of rotatable bonds is 1. The topological polar surface area (TPSA) is 26.1 Å². The minimum Gasteiger partial charge on any atom is -0.341 e. The van der Waals surface area contributed by atoms with E-state index >= 15 is 0 Å². The Morgan fingerprint density at radius 1 is 1.50 bits per heavy atom. The summed E-state index contributed by atoms with van der Waals surface area (Å²) in [7, 11) is 3.65. The van der Waals surface area contributed by atoms with E-state index in [1.165, 1.54) is 0 Å². The maximum Gasteiger partial charge on any atom is 0.230 e. The van der Waals surface area contributed by atoms with Crippen LogP contribution in [0.1, 0.15) is 6.92 Å². The lowest BCUT2D eigenvalue weighted by molar-refractivity contribution is 0.114. The lowest BCUT2D eigenvalue weighted by Crippen LogP contribution is -2.29. The Morgan fingerprint density at radius 2 is 1.67 bits per heavy atom. The smallest absolute Gasteiger partial charge is 0.230 e. The largest absolute Gasteiger partial charge is 0.341 e. The summed E-state index contributed by atoms with van der Waals surface area (Å²) in [5, 5.41) is 8.56. The normalized spacial score (nSPS) is 15.5. The van der Waals surface area contributed by atoms with Crippen LogP contribution in [-0.4, -0.2) is 25.4 Å². The molecule has 6 heavy (non-hydrogen) atoms. The van der Waals surface area contributed by atoms with Crippen LogP contribution in [0.15, 0.2) is 0 Å². The van der Waals surface area contributed by atoms with Gasteiger partial charge >= 0.3 is 0 Å². The van der Waals surface area contributed by atoms with E-state index in [-0.39, 0.29) is 6.23 Å². The summed E-state index contributed by atoms with van der Waals surface area (Å²) in [6.07, 6.45) is -0.315. The number of nitrogens with zero attached hydrogens (tertiary/aromatic N) is 1. The predicted molar refractivity (Wildman–Crippen MR) is 25.7 cm³/mol. The first-order valence-corrected chi connectivity index (χ1v) is 1.99. The molecule has 0 aliphatic heterocycles. The summed E-state index contributed by atoms with van der Waals surface area (Å²) in [5.41, 5.74) is 0. The molecule has 0 saturated heterocycles. The molecule has 37 valence electrons. The summed E-state index contributed by atoms with van der Waals surface area (Å²) in [6, 6.07) is 0. The molecule has 0 rings (SSSR count). The highest BCUT2D eigenvalue weighted by atomic mass is 16.3. The minimum absolute atomic E-state index is 0.315. The average molecular weight is 89.1 g/mol. The fourth-order valence-corrected chi connectivity index (χ4v) is 0. The van der Waals surface area contributed by atoms with Crippen LogP contribution in [-0.2, 0) is 0 Å². The SMILES string of the molecule is CC(O)[N+](C)C. The molecule has 1 radical (unpaired) electrons. The molecule has 0 aliphatic carbocycles. The Hall–Kier alpha value is -0.0800. The first-order valence-electron chi connectivity index (χ1n) is 1.99. The van der Waals surface area contributed by atoms with Gasteiger partial charge in [-0.15, -0.1) is 4.90 Å². The highest BCUT2D eigenvalue weighted by molar-refractivity contribution is 4.43. The molecule has 2 heteroatoms. The lowest BCUT2D eigenvalue weighted by Gasteiger charge is -1.99. The summed E-state index contributed by atoms with van der Waals surface area (Å²) < 4.78 is 0. The van der Waals surface area contributed by atoms with Crippen molar-refractivity contribution in [2.24, 2.45) is 0 Å². The molecule has 0 aromatic heterocycles. The monoisotopic (exact) mass is 89.1 g/mol. The van der Waals surface area contributed by atoms with Crippen LogP contribution in [0, 0.1) is 0 Å². The zero-order valence-corrected chi connectivity index (χ0v) is 4.47. The first-order chi connectivity index (χ1) is 2.64. The van der Waals surface area contributed by atoms with Crippen molar-refractivity contribution in [1.29, 1.82) is 0 Å². The molecule has 2 nitrogen and oxygen atoms in total. The molecule has 0 aliphatic rings. The van der Waals surface area contributed by atoms with E-state index in [0.29, 0.717) is 0 Å².